The average molecular weight is 635 g/mol. The molecule has 221 valence electrons. The maximum atomic E-state index is 9.30. The third-order valence-corrected chi connectivity index (χ3v) is 157. The summed E-state index contributed by atoms with van der Waals surface area (Å²) < 4.78 is 0. The minimum atomic E-state index is -2.24. The van der Waals surface area contributed by atoms with E-state index < -0.39 is 42.7 Å². The largest absolute Gasteiger partial charge is 0.174 e. The quantitative estimate of drug-likeness (QED) is 0.166. The van der Waals surface area contributed by atoms with Gasteiger partial charge in [-0.3, -0.25) is 0 Å². The monoisotopic (exact) mass is 633 g/mol. The Kier molecular flexibility index (Phi) is 11.9. The topological polar surface area (TPSA) is 0 Å². The second-order valence-electron chi connectivity index (χ2n) is 16.1. The average Bonchev–Trinajstić information content (AvgIpc) is 2.69. The van der Waals surface area contributed by atoms with Gasteiger partial charge in [0.05, 0.1) is 14.2 Å². The van der Waals surface area contributed by atoms with Gasteiger partial charge >= 0.3 is 0 Å². The second kappa shape index (κ2) is 12.1. The van der Waals surface area contributed by atoms with Crippen molar-refractivity contribution in [2.45, 2.75) is 194 Å². The van der Waals surface area contributed by atoms with Crippen LogP contribution in [0.4, 0.5) is 0 Å². The summed E-state index contributed by atoms with van der Waals surface area (Å²) in [5, 5.41) is 0. The zero-order valence-corrected chi connectivity index (χ0v) is 35.9. The molecule has 0 N–H and O–H groups in total. The van der Waals surface area contributed by atoms with Crippen molar-refractivity contribution in [2.75, 3.05) is 0 Å². The lowest BCUT2D eigenvalue weighted by Crippen LogP contribution is -3.06. The van der Waals surface area contributed by atoms with Crippen molar-refractivity contribution in [1.82, 2.24) is 0 Å². The fourth-order valence-electron chi connectivity index (χ4n) is 13.1. The molecule has 1 heterocycles. The summed E-state index contributed by atoms with van der Waals surface area (Å²) in [6.45, 7) is 54.6. The van der Waals surface area contributed by atoms with E-state index in [4.69, 9.17) is 0 Å². The lowest BCUT2D eigenvalue weighted by molar-refractivity contribution is 0.862. The molecule has 0 unspecified atom stereocenters. The lowest BCUT2D eigenvalue weighted by atomic mass is 10.5. The molecule has 0 saturated carbocycles. The van der Waals surface area contributed by atoms with E-state index in [0.717, 1.165) is 49.9 Å². The predicted octanol–water partition coefficient (Wildman–Crippen LogP) is 12.0. The van der Waals surface area contributed by atoms with Crippen LogP contribution < -0.4 is 0 Å². The highest BCUT2D eigenvalue weighted by molar-refractivity contribution is 8.17. The smallest absolute Gasteiger partial charge is 0.137 e. The molecule has 37 heavy (non-hydrogen) atoms. The van der Waals surface area contributed by atoms with Crippen molar-refractivity contribution >= 4 is 53.8 Å². The van der Waals surface area contributed by atoms with E-state index in [1.165, 1.54) is 0 Å². The molecule has 0 aromatic carbocycles. The Balaban J connectivity index is 5.13. The first kappa shape index (κ1) is 36.6. The zero-order valence-electron chi connectivity index (χ0n) is 29.2. The van der Waals surface area contributed by atoms with Gasteiger partial charge in [0.1, 0.15) is 6.42 Å². The van der Waals surface area contributed by atoms with Gasteiger partial charge in [0.2, 0.25) is 0 Å². The van der Waals surface area contributed by atoms with Crippen LogP contribution in [0.1, 0.15) is 138 Å². The molecule has 1 aliphatic heterocycles. The molecule has 0 amide bonds. The summed E-state index contributed by atoms with van der Waals surface area (Å²) in [4.78, 5) is 0. The lowest BCUT2D eigenvalue weighted by Gasteiger charge is -2.82. The summed E-state index contributed by atoms with van der Waals surface area (Å²) in [5.74, 6) is 0. The highest BCUT2D eigenvalue weighted by atomic mass is 35.6. The molecule has 7 heteroatoms. The summed E-state index contributed by atoms with van der Waals surface area (Å²) in [6.07, 6.45) is -2.24. The van der Waals surface area contributed by atoms with Gasteiger partial charge in [0, 0.05) is 22.0 Å². The summed E-state index contributed by atoms with van der Waals surface area (Å²) in [5.41, 5.74) is 8.27. The van der Waals surface area contributed by atoms with Gasteiger partial charge in [-0.15, -0.1) is 0 Å². The van der Waals surface area contributed by atoms with Crippen molar-refractivity contribution in [3.05, 3.63) is 0 Å². The van der Waals surface area contributed by atoms with E-state index in [0.29, 0.717) is 5.54 Å². The van der Waals surface area contributed by atoms with Gasteiger partial charge in [-0.05, 0) is 5.54 Å². The molecule has 0 spiro atoms. The van der Waals surface area contributed by atoms with E-state index in [1.807, 2.05) is 0 Å². The van der Waals surface area contributed by atoms with E-state index in [2.05, 4.69) is 138 Å². The number of hydrogen-bond acceptors (Lipinski definition) is 0. The van der Waals surface area contributed by atoms with Crippen LogP contribution in [-0.4, -0.2) is 42.7 Å². The SMILES string of the molecule is CC(C)[Si]1[Si](C(C)C)(C(C)C)[Si](C(C)C)(C(C)C)[Si](Cl)(C(C)C)[Si](C(C)C)(C(C)C)[Si]1(C(C)C)C(C)C. The van der Waals surface area contributed by atoms with E-state index in [1.54, 1.807) is 0 Å². The van der Waals surface area contributed by atoms with Gasteiger partial charge in [-0.25, -0.2) is 0 Å². The van der Waals surface area contributed by atoms with Gasteiger partial charge in [0.15, 0.2) is 0 Å². The molecule has 0 bridgehead atoms. The molecule has 0 aromatic rings. The Bertz CT molecular complexity index is 669. The van der Waals surface area contributed by atoms with Crippen molar-refractivity contribution in [3.8, 4) is 0 Å². The molecule has 1 fully saturated rings. The first-order chi connectivity index (χ1) is 16.6. The highest BCUT2D eigenvalue weighted by Gasteiger charge is 2.89. The Labute approximate surface area is 246 Å². The Morgan fingerprint density at radius 1 is 0.351 bits per heavy atom. The number of halogens is 1. The molecular formula is C30H70ClSi6. The fraction of sp³-hybridized carbons (Fsp3) is 1.00. The van der Waals surface area contributed by atoms with Crippen molar-refractivity contribution in [3.63, 3.8) is 0 Å². The summed E-state index contributed by atoms with van der Waals surface area (Å²) >= 11 is 9.30. The van der Waals surface area contributed by atoms with Crippen LogP contribution in [0.15, 0.2) is 0 Å². The number of rotatable bonds is 10. The van der Waals surface area contributed by atoms with Crippen LogP contribution in [0.3, 0.4) is 0 Å². The first-order valence-corrected chi connectivity index (χ1v) is 35.4. The maximum Gasteiger partial charge on any atom is 0.137 e. The van der Waals surface area contributed by atoms with E-state index in [9.17, 15) is 11.1 Å². The van der Waals surface area contributed by atoms with Crippen LogP contribution in [0.5, 0.6) is 0 Å². The molecule has 1 rings (SSSR count). The van der Waals surface area contributed by atoms with Crippen molar-refractivity contribution in [1.29, 1.82) is 0 Å². The number of hydrogen-bond donors (Lipinski definition) is 0. The Hall–Kier alpha value is 1.59. The molecule has 0 aliphatic carbocycles. The van der Waals surface area contributed by atoms with Gasteiger partial charge in [-0.1, -0.05) is 188 Å². The third kappa shape index (κ3) is 4.11. The highest BCUT2D eigenvalue weighted by Crippen LogP contribution is 2.72. The van der Waals surface area contributed by atoms with Crippen LogP contribution in [0.2, 0.25) is 55.4 Å². The minimum absolute atomic E-state index is 0.600. The third-order valence-electron chi connectivity index (χ3n) is 12.1. The summed E-state index contributed by atoms with van der Waals surface area (Å²) in [7, 11) is -8.10. The van der Waals surface area contributed by atoms with E-state index >= 15 is 0 Å². The molecule has 0 aromatic heterocycles. The van der Waals surface area contributed by atoms with Gasteiger partial charge in [0.25, 0.3) is 0 Å². The molecular weight excluding hydrogens is 564 g/mol. The standard InChI is InChI=1S/C30H70ClSi6/c1-21(2)32-33(22(3)4,23(5)6)35(26(11)12,27(13)14)37(31,30(19)20)36(28(15)16,29(17)18)34(32,24(7)8)25(9)10/h21-30H,1-20H3. The minimum Gasteiger partial charge on any atom is -0.174 e. The molecule has 1 aliphatic rings. The molecule has 1 saturated heterocycles. The van der Waals surface area contributed by atoms with Crippen LogP contribution in [-0.2, 0) is 0 Å². The van der Waals surface area contributed by atoms with Crippen LogP contribution >= 0.6 is 11.1 Å². The van der Waals surface area contributed by atoms with Crippen LogP contribution in [0, 0.1) is 0 Å². The fourth-order valence-corrected chi connectivity index (χ4v) is 288. The zero-order chi connectivity index (χ0) is 29.9. The predicted molar refractivity (Wildman–Crippen MR) is 191 cm³/mol. The normalized spacial score (nSPS) is 23.4. The summed E-state index contributed by atoms with van der Waals surface area (Å²) in [6, 6.07) is 0. The molecule has 0 atom stereocenters. The Morgan fingerprint density at radius 3 is 0.676 bits per heavy atom. The molecule has 0 nitrogen and oxygen atoms in total. The molecule has 1 radical (unpaired) electrons. The first-order valence-electron chi connectivity index (χ1n) is 16.1. The van der Waals surface area contributed by atoms with Crippen molar-refractivity contribution < 1.29 is 0 Å². The van der Waals surface area contributed by atoms with E-state index in [-0.39, 0.29) is 0 Å². The van der Waals surface area contributed by atoms with Crippen LogP contribution in [0.25, 0.3) is 0 Å². The maximum absolute atomic E-state index is 9.30. The van der Waals surface area contributed by atoms with Gasteiger partial charge in [-0.2, -0.15) is 11.1 Å². The Morgan fingerprint density at radius 2 is 0.568 bits per heavy atom. The van der Waals surface area contributed by atoms with Gasteiger partial charge < -0.3 is 0 Å². The second-order valence-corrected chi connectivity index (χ2v) is 77.4. The van der Waals surface area contributed by atoms with Crippen molar-refractivity contribution in [2.24, 2.45) is 0 Å².